The van der Waals surface area contributed by atoms with Crippen molar-refractivity contribution >= 4 is 17.8 Å². The van der Waals surface area contributed by atoms with Gasteiger partial charge in [-0.25, -0.2) is 4.79 Å². The monoisotopic (exact) mass is 226 g/mol. The summed E-state index contributed by atoms with van der Waals surface area (Å²) >= 11 is 0. The summed E-state index contributed by atoms with van der Waals surface area (Å²) in [5.41, 5.74) is -1.16. The highest BCUT2D eigenvalue weighted by Gasteiger charge is 2.48. The molecule has 5 nitrogen and oxygen atoms in total. The van der Waals surface area contributed by atoms with Gasteiger partial charge in [0.15, 0.2) is 0 Å². The number of barbiturate groups is 1. The van der Waals surface area contributed by atoms with Crippen LogP contribution in [0.15, 0.2) is 0 Å². The summed E-state index contributed by atoms with van der Waals surface area (Å²) in [6.07, 6.45) is 1.62. The van der Waals surface area contributed by atoms with E-state index in [1.165, 1.54) is 13.8 Å². The predicted octanol–water partition coefficient (Wildman–Crippen LogP) is 1.28. The van der Waals surface area contributed by atoms with Crippen LogP contribution in [0.25, 0.3) is 0 Å². The number of carbonyl (C=O) groups excluding carboxylic acids is 3. The van der Waals surface area contributed by atoms with Gasteiger partial charge in [-0.3, -0.25) is 19.8 Å². The van der Waals surface area contributed by atoms with Crippen LogP contribution in [0, 0.1) is 5.41 Å². The number of amides is 4. The number of hydrogen-bond donors (Lipinski definition) is 1. The minimum absolute atomic E-state index is 0.176. The molecule has 5 heteroatoms. The summed E-state index contributed by atoms with van der Waals surface area (Å²) in [5.74, 6) is -0.940. The Morgan fingerprint density at radius 2 is 1.88 bits per heavy atom. The van der Waals surface area contributed by atoms with Crippen molar-refractivity contribution in [2.75, 3.05) is 0 Å². The average Bonchev–Trinajstić information content (AvgIpc) is 2.16. The maximum Gasteiger partial charge on any atom is 0.331 e. The smallest absolute Gasteiger partial charge is 0.277 e. The van der Waals surface area contributed by atoms with Crippen LogP contribution in [0.3, 0.4) is 0 Å². The normalized spacial score (nSPS) is 22.0. The van der Waals surface area contributed by atoms with Crippen molar-refractivity contribution in [1.82, 2.24) is 10.2 Å². The van der Waals surface area contributed by atoms with E-state index in [9.17, 15) is 14.4 Å². The minimum atomic E-state index is -1.16. The molecule has 0 saturated carbocycles. The third-order valence-electron chi connectivity index (χ3n) is 2.91. The molecule has 1 unspecified atom stereocenters. The Morgan fingerprint density at radius 3 is 2.38 bits per heavy atom. The van der Waals surface area contributed by atoms with E-state index >= 15 is 0 Å². The van der Waals surface area contributed by atoms with Crippen LogP contribution in [-0.4, -0.2) is 28.8 Å². The fourth-order valence-corrected chi connectivity index (χ4v) is 1.75. The number of nitrogens with one attached hydrogen (secondary N) is 1. The molecule has 4 amide bonds. The zero-order valence-corrected chi connectivity index (χ0v) is 10.2. The van der Waals surface area contributed by atoms with Crippen molar-refractivity contribution in [3.63, 3.8) is 0 Å². The highest BCUT2D eigenvalue weighted by atomic mass is 16.2. The van der Waals surface area contributed by atoms with Crippen LogP contribution in [0.2, 0.25) is 0 Å². The van der Waals surface area contributed by atoms with Gasteiger partial charge < -0.3 is 0 Å². The Bertz CT molecular complexity index is 336. The number of imide groups is 2. The molecule has 1 atom stereocenters. The van der Waals surface area contributed by atoms with Gasteiger partial charge in [0.25, 0.3) is 0 Å². The molecule has 1 saturated heterocycles. The lowest BCUT2D eigenvalue weighted by Crippen LogP contribution is -2.63. The van der Waals surface area contributed by atoms with E-state index in [0.717, 1.165) is 17.7 Å². The Hall–Kier alpha value is -1.39. The van der Waals surface area contributed by atoms with E-state index in [4.69, 9.17) is 0 Å². The quantitative estimate of drug-likeness (QED) is 0.737. The predicted molar refractivity (Wildman–Crippen MR) is 58.5 cm³/mol. The first kappa shape index (κ1) is 12.7. The standard InChI is InChI=1S/C11H18N2O3/c1-5-6-7(2)13-9(15)11(3,4)8(14)12-10(13)16/h7H,5-6H2,1-4H3,(H,12,14,16). The van der Waals surface area contributed by atoms with E-state index in [-0.39, 0.29) is 6.04 Å². The summed E-state index contributed by atoms with van der Waals surface area (Å²) < 4.78 is 0. The van der Waals surface area contributed by atoms with Crippen molar-refractivity contribution < 1.29 is 14.4 Å². The molecule has 0 aromatic carbocycles. The van der Waals surface area contributed by atoms with Crippen molar-refractivity contribution in [3.8, 4) is 0 Å². The maximum absolute atomic E-state index is 12.0. The van der Waals surface area contributed by atoms with Crippen LogP contribution in [0.1, 0.15) is 40.5 Å². The molecule has 1 aliphatic heterocycles. The van der Waals surface area contributed by atoms with Gasteiger partial charge in [-0.05, 0) is 27.2 Å². The van der Waals surface area contributed by atoms with Crippen molar-refractivity contribution in [3.05, 3.63) is 0 Å². The summed E-state index contributed by atoms with van der Waals surface area (Å²) in [7, 11) is 0. The number of nitrogens with zero attached hydrogens (tertiary/aromatic N) is 1. The van der Waals surface area contributed by atoms with Crippen molar-refractivity contribution in [1.29, 1.82) is 0 Å². The summed E-state index contributed by atoms with van der Waals surface area (Å²) in [5, 5.41) is 2.22. The minimum Gasteiger partial charge on any atom is -0.277 e. The summed E-state index contributed by atoms with van der Waals surface area (Å²) in [4.78, 5) is 36.3. The topological polar surface area (TPSA) is 66.5 Å². The summed E-state index contributed by atoms with van der Waals surface area (Å²) in [6.45, 7) is 6.86. The van der Waals surface area contributed by atoms with Gasteiger partial charge in [0.05, 0.1) is 0 Å². The van der Waals surface area contributed by atoms with Crippen LogP contribution >= 0.6 is 0 Å². The molecule has 1 heterocycles. The molecule has 0 aromatic heterocycles. The average molecular weight is 226 g/mol. The van der Waals surface area contributed by atoms with Crippen LogP contribution in [0.5, 0.6) is 0 Å². The van der Waals surface area contributed by atoms with Gasteiger partial charge in [-0.1, -0.05) is 13.3 Å². The third kappa shape index (κ3) is 1.94. The highest BCUT2D eigenvalue weighted by Crippen LogP contribution is 2.25. The molecule has 0 bridgehead atoms. The molecule has 90 valence electrons. The molecular weight excluding hydrogens is 208 g/mol. The number of carbonyl (C=O) groups is 3. The lowest BCUT2D eigenvalue weighted by molar-refractivity contribution is -0.150. The second-order valence-electron chi connectivity index (χ2n) is 4.70. The molecule has 1 rings (SSSR count). The van der Waals surface area contributed by atoms with Crippen molar-refractivity contribution in [2.45, 2.75) is 46.6 Å². The Kier molecular flexibility index (Phi) is 3.35. The van der Waals surface area contributed by atoms with Gasteiger partial charge in [-0.15, -0.1) is 0 Å². The molecule has 16 heavy (non-hydrogen) atoms. The van der Waals surface area contributed by atoms with Gasteiger partial charge in [0.1, 0.15) is 5.41 Å². The Labute approximate surface area is 95.2 Å². The molecule has 0 radical (unpaired) electrons. The molecular formula is C11H18N2O3. The SMILES string of the molecule is CCCC(C)N1C(=O)NC(=O)C(C)(C)C1=O. The lowest BCUT2D eigenvalue weighted by Gasteiger charge is -2.37. The first-order chi connectivity index (χ1) is 7.32. The number of hydrogen-bond acceptors (Lipinski definition) is 3. The molecule has 0 aromatic rings. The maximum atomic E-state index is 12.0. The third-order valence-corrected chi connectivity index (χ3v) is 2.91. The van der Waals surface area contributed by atoms with Gasteiger partial charge >= 0.3 is 6.03 Å². The molecule has 1 N–H and O–H groups in total. The molecule has 0 aliphatic carbocycles. The largest absolute Gasteiger partial charge is 0.331 e. The van der Waals surface area contributed by atoms with E-state index < -0.39 is 23.3 Å². The molecule has 1 fully saturated rings. The first-order valence-corrected chi connectivity index (χ1v) is 5.51. The number of urea groups is 1. The second-order valence-corrected chi connectivity index (χ2v) is 4.70. The van der Waals surface area contributed by atoms with E-state index in [0.29, 0.717) is 0 Å². The van der Waals surface area contributed by atoms with Crippen LogP contribution in [0.4, 0.5) is 4.79 Å². The second kappa shape index (κ2) is 4.23. The van der Waals surface area contributed by atoms with Crippen LogP contribution < -0.4 is 5.32 Å². The number of rotatable bonds is 3. The zero-order valence-electron chi connectivity index (χ0n) is 10.2. The Balaban J connectivity index is 2.97. The van der Waals surface area contributed by atoms with E-state index in [1.807, 2.05) is 13.8 Å². The Morgan fingerprint density at radius 1 is 1.31 bits per heavy atom. The van der Waals surface area contributed by atoms with Crippen molar-refractivity contribution in [2.24, 2.45) is 5.41 Å². The van der Waals surface area contributed by atoms with Crippen LogP contribution in [-0.2, 0) is 9.59 Å². The van der Waals surface area contributed by atoms with Gasteiger partial charge in [-0.2, -0.15) is 0 Å². The van der Waals surface area contributed by atoms with Gasteiger partial charge in [0.2, 0.25) is 11.8 Å². The summed E-state index contributed by atoms with van der Waals surface area (Å²) in [6, 6.07) is -0.778. The van der Waals surface area contributed by atoms with E-state index in [2.05, 4.69) is 5.32 Å². The lowest BCUT2D eigenvalue weighted by atomic mass is 9.88. The fraction of sp³-hybridized carbons (Fsp3) is 0.727. The van der Waals surface area contributed by atoms with E-state index in [1.54, 1.807) is 0 Å². The molecule has 0 spiro atoms. The van der Waals surface area contributed by atoms with Gasteiger partial charge in [0, 0.05) is 6.04 Å². The highest BCUT2D eigenvalue weighted by molar-refractivity contribution is 6.18. The molecule has 1 aliphatic rings. The zero-order chi connectivity index (χ0) is 12.5. The first-order valence-electron chi connectivity index (χ1n) is 5.51. The fourth-order valence-electron chi connectivity index (χ4n) is 1.75.